The average molecular weight is 496 g/mol. The minimum atomic E-state index is -0.477. The van der Waals surface area contributed by atoms with Crippen molar-refractivity contribution in [2.75, 3.05) is 5.75 Å². The zero-order valence-electron chi connectivity index (χ0n) is 16.4. The molecule has 10 nitrogen and oxygen atoms in total. The van der Waals surface area contributed by atoms with Crippen molar-refractivity contribution in [1.82, 2.24) is 15.6 Å². The molecule has 0 aliphatic carbocycles. The van der Waals surface area contributed by atoms with Crippen LogP contribution in [-0.4, -0.2) is 33.0 Å². The van der Waals surface area contributed by atoms with Gasteiger partial charge < -0.3 is 9.15 Å². The van der Waals surface area contributed by atoms with Crippen molar-refractivity contribution in [1.29, 1.82) is 0 Å². The van der Waals surface area contributed by atoms with Crippen LogP contribution in [0.1, 0.15) is 17.0 Å². The minimum Gasteiger partial charge on any atom is -0.482 e. The van der Waals surface area contributed by atoms with Crippen LogP contribution in [0.4, 0.5) is 5.69 Å². The fourth-order valence-corrected chi connectivity index (χ4v) is 3.36. The highest BCUT2D eigenvalue weighted by Gasteiger charge is 2.12. The van der Waals surface area contributed by atoms with Gasteiger partial charge in [0.1, 0.15) is 5.75 Å². The number of nitro groups is 1. The Morgan fingerprint density at radius 1 is 1.31 bits per heavy atom. The molecule has 0 fully saturated rings. The lowest BCUT2D eigenvalue weighted by Crippen LogP contribution is -2.19. The summed E-state index contributed by atoms with van der Waals surface area (Å²) in [5.74, 6) is 0.172. The topological polar surface area (TPSA) is 133 Å². The fraction of sp³-hybridized carbons (Fsp3) is 0.158. The molecule has 3 rings (SSSR count). The van der Waals surface area contributed by atoms with E-state index >= 15 is 0 Å². The number of hydrogen-bond acceptors (Lipinski definition) is 9. The number of rotatable bonds is 9. The molecule has 0 radical (unpaired) electrons. The van der Waals surface area contributed by atoms with Gasteiger partial charge in [0.2, 0.25) is 0 Å². The van der Waals surface area contributed by atoms with Crippen molar-refractivity contribution in [2.45, 2.75) is 18.8 Å². The molecule has 1 amide bonds. The summed E-state index contributed by atoms with van der Waals surface area (Å²) in [6.07, 6.45) is 1.32. The molecule has 1 N–H and O–H groups in total. The van der Waals surface area contributed by atoms with Crippen LogP contribution < -0.4 is 10.2 Å². The van der Waals surface area contributed by atoms with Gasteiger partial charge in [-0.1, -0.05) is 47.1 Å². The van der Waals surface area contributed by atoms with Crippen LogP contribution in [-0.2, 0) is 11.4 Å². The zero-order valence-corrected chi connectivity index (χ0v) is 18.8. The lowest BCUT2D eigenvalue weighted by molar-refractivity contribution is -0.385. The van der Waals surface area contributed by atoms with E-state index in [2.05, 4.69) is 20.7 Å². The van der Waals surface area contributed by atoms with E-state index in [1.54, 1.807) is 37.3 Å². The van der Waals surface area contributed by atoms with E-state index in [4.69, 9.17) is 32.4 Å². The fourth-order valence-electron chi connectivity index (χ4n) is 2.33. The summed E-state index contributed by atoms with van der Waals surface area (Å²) in [6.45, 7) is 1.63. The van der Waals surface area contributed by atoms with Gasteiger partial charge >= 0.3 is 0 Å². The number of nitrogens with one attached hydrogen (secondary N) is 1. The maximum absolute atomic E-state index is 11.9. The summed E-state index contributed by atoms with van der Waals surface area (Å²) < 4.78 is 10.9. The molecule has 13 heteroatoms. The molecule has 0 spiro atoms. The largest absolute Gasteiger partial charge is 0.482 e. The van der Waals surface area contributed by atoms with E-state index in [0.29, 0.717) is 26.9 Å². The summed E-state index contributed by atoms with van der Waals surface area (Å²) in [7, 11) is 0. The van der Waals surface area contributed by atoms with Crippen LogP contribution in [0.5, 0.6) is 5.75 Å². The van der Waals surface area contributed by atoms with Crippen LogP contribution in [0.25, 0.3) is 0 Å². The molecule has 166 valence electrons. The van der Waals surface area contributed by atoms with E-state index in [-0.39, 0.29) is 29.2 Å². The number of hydrogen-bond donors (Lipinski definition) is 1. The summed E-state index contributed by atoms with van der Waals surface area (Å²) in [6, 6.07) is 9.45. The van der Waals surface area contributed by atoms with Gasteiger partial charge in [-0.05, 0) is 25.1 Å². The average Bonchev–Trinajstić information content (AvgIpc) is 3.20. The smallest absolute Gasteiger partial charge is 0.277 e. The molecule has 32 heavy (non-hydrogen) atoms. The van der Waals surface area contributed by atoms with Crippen LogP contribution in [0, 0.1) is 17.0 Å². The number of hydrazone groups is 1. The number of halogens is 2. The Morgan fingerprint density at radius 2 is 2.12 bits per heavy atom. The SMILES string of the molecule is Cc1ccc(/C=N\NC(=O)CSc2nnc(COc3ccc(Cl)cc3Cl)o2)cc1[N+](=O)[O-]. The van der Waals surface area contributed by atoms with Gasteiger partial charge in [0.05, 0.1) is 21.9 Å². The van der Waals surface area contributed by atoms with Crippen molar-refractivity contribution < 1.29 is 18.9 Å². The number of ether oxygens (including phenoxy) is 1. The Hall–Kier alpha value is -3.15. The standard InChI is InChI=1S/C19H15Cl2N5O5S/c1-11-2-3-12(6-15(11)26(28)29)8-22-23-17(27)10-32-19-25-24-18(31-19)9-30-16-5-4-13(20)7-14(16)21/h2-8H,9-10H2,1H3,(H,23,27)/b22-8-. The van der Waals surface area contributed by atoms with Crippen LogP contribution >= 0.6 is 35.0 Å². The van der Waals surface area contributed by atoms with Crippen LogP contribution in [0.2, 0.25) is 10.0 Å². The Morgan fingerprint density at radius 3 is 2.88 bits per heavy atom. The summed E-state index contributed by atoms with van der Waals surface area (Å²) in [4.78, 5) is 22.4. The Balaban J connectivity index is 1.45. The predicted octanol–water partition coefficient (Wildman–Crippen LogP) is 4.41. The highest BCUT2D eigenvalue weighted by atomic mass is 35.5. The van der Waals surface area contributed by atoms with Crippen molar-refractivity contribution >= 4 is 52.8 Å². The molecule has 0 aliphatic rings. The molecule has 0 atom stereocenters. The molecule has 0 bridgehead atoms. The van der Waals surface area contributed by atoms with Crippen molar-refractivity contribution in [3.63, 3.8) is 0 Å². The van der Waals surface area contributed by atoms with Gasteiger partial charge in [-0.3, -0.25) is 14.9 Å². The van der Waals surface area contributed by atoms with Gasteiger partial charge in [0.25, 0.3) is 22.7 Å². The number of aryl methyl sites for hydroxylation is 1. The van der Waals surface area contributed by atoms with Gasteiger partial charge in [-0.25, -0.2) is 5.43 Å². The third-order valence-corrected chi connectivity index (χ3v) is 5.20. The first kappa shape index (κ1) is 23.5. The van der Waals surface area contributed by atoms with E-state index in [0.717, 1.165) is 11.8 Å². The number of aromatic nitrogens is 2. The molecule has 0 aliphatic heterocycles. The molecule has 1 heterocycles. The number of carbonyl (C=O) groups excluding carboxylic acids is 1. The second-order valence-corrected chi connectivity index (χ2v) is 7.98. The molecular weight excluding hydrogens is 481 g/mol. The normalized spacial score (nSPS) is 11.0. The van der Waals surface area contributed by atoms with Crippen LogP contribution in [0.15, 0.2) is 51.1 Å². The summed E-state index contributed by atoms with van der Waals surface area (Å²) >= 11 is 12.9. The quantitative estimate of drug-likeness (QED) is 0.199. The Bertz CT molecular complexity index is 1170. The maximum Gasteiger partial charge on any atom is 0.277 e. The molecule has 1 aromatic heterocycles. The second kappa shape index (κ2) is 10.9. The zero-order chi connectivity index (χ0) is 23.1. The van der Waals surface area contributed by atoms with E-state index < -0.39 is 10.8 Å². The van der Waals surface area contributed by atoms with E-state index in [9.17, 15) is 14.9 Å². The third-order valence-electron chi connectivity index (χ3n) is 3.85. The monoisotopic (exact) mass is 495 g/mol. The van der Waals surface area contributed by atoms with E-state index in [1.165, 1.54) is 12.3 Å². The number of nitro benzene ring substituents is 1. The third kappa shape index (κ3) is 6.67. The molecule has 2 aromatic carbocycles. The van der Waals surface area contributed by atoms with Crippen molar-refractivity contribution in [3.05, 3.63) is 73.6 Å². The summed E-state index contributed by atoms with van der Waals surface area (Å²) in [5, 5.41) is 23.5. The number of nitrogens with zero attached hydrogens (tertiary/aromatic N) is 4. The predicted molar refractivity (Wildman–Crippen MR) is 119 cm³/mol. The molecule has 0 saturated carbocycles. The lowest BCUT2D eigenvalue weighted by Gasteiger charge is -2.05. The summed E-state index contributed by atoms with van der Waals surface area (Å²) in [5.41, 5.74) is 3.33. The van der Waals surface area contributed by atoms with Crippen LogP contribution in [0.3, 0.4) is 0 Å². The van der Waals surface area contributed by atoms with Gasteiger partial charge in [0.15, 0.2) is 6.61 Å². The van der Waals surface area contributed by atoms with Gasteiger partial charge in [-0.15, -0.1) is 10.2 Å². The number of benzene rings is 2. The minimum absolute atomic E-state index is 0.00586. The molecule has 3 aromatic rings. The number of thioether (sulfide) groups is 1. The number of carbonyl (C=O) groups is 1. The Kier molecular flexibility index (Phi) is 8.03. The Labute approximate surface area is 196 Å². The second-order valence-electron chi connectivity index (χ2n) is 6.21. The van der Waals surface area contributed by atoms with Gasteiger partial charge in [-0.2, -0.15) is 5.10 Å². The highest BCUT2D eigenvalue weighted by Crippen LogP contribution is 2.28. The number of amides is 1. The molecule has 0 saturated heterocycles. The van der Waals surface area contributed by atoms with Gasteiger partial charge in [0, 0.05) is 22.2 Å². The first-order chi connectivity index (χ1) is 15.3. The molecule has 0 unspecified atom stereocenters. The first-order valence-electron chi connectivity index (χ1n) is 8.92. The maximum atomic E-state index is 11.9. The molecular formula is C19H15Cl2N5O5S. The van der Waals surface area contributed by atoms with Crippen molar-refractivity contribution in [2.24, 2.45) is 5.10 Å². The highest BCUT2D eigenvalue weighted by molar-refractivity contribution is 7.99. The lowest BCUT2D eigenvalue weighted by atomic mass is 10.1. The van der Waals surface area contributed by atoms with Crippen molar-refractivity contribution in [3.8, 4) is 5.75 Å². The van der Waals surface area contributed by atoms with E-state index in [1.807, 2.05) is 0 Å². The first-order valence-corrected chi connectivity index (χ1v) is 10.7.